The summed E-state index contributed by atoms with van der Waals surface area (Å²) in [6.45, 7) is 2.34. The Morgan fingerprint density at radius 2 is 1.74 bits per heavy atom. The van der Waals surface area contributed by atoms with Crippen molar-refractivity contribution in [3.8, 4) is 11.3 Å². The maximum Gasteiger partial charge on any atom is 0.267 e. The Kier molecular flexibility index (Phi) is 5.41. The second-order valence-corrected chi connectivity index (χ2v) is 12.0. The van der Waals surface area contributed by atoms with Crippen LogP contribution < -0.4 is 0 Å². The van der Waals surface area contributed by atoms with Gasteiger partial charge in [0.15, 0.2) is 0 Å². The third kappa shape index (κ3) is 3.82. The fourth-order valence-corrected chi connectivity index (χ4v) is 7.76. The summed E-state index contributed by atoms with van der Waals surface area (Å²) < 4.78 is 31.6. The average Bonchev–Trinajstić information content (AvgIpc) is 3.55. The number of hydrogen-bond donors (Lipinski definition) is 0. The van der Waals surface area contributed by atoms with Crippen LogP contribution in [0.1, 0.15) is 28.9 Å². The number of benzene rings is 1. The number of hydrogen-bond acceptors (Lipinski definition) is 7. The summed E-state index contributed by atoms with van der Waals surface area (Å²) in [5, 5.41) is 5.98. The van der Waals surface area contributed by atoms with Gasteiger partial charge < -0.3 is 4.90 Å². The van der Waals surface area contributed by atoms with Gasteiger partial charge in [0.1, 0.15) is 14.8 Å². The molecule has 1 aromatic carbocycles. The Balaban J connectivity index is 1.27. The van der Waals surface area contributed by atoms with E-state index in [2.05, 4.69) is 9.59 Å². The van der Waals surface area contributed by atoms with Crippen LogP contribution in [0, 0.1) is 5.41 Å². The largest absolute Gasteiger partial charge is 0.337 e. The van der Waals surface area contributed by atoms with Crippen LogP contribution in [0.15, 0.2) is 52.1 Å². The minimum atomic E-state index is -3.41. The monoisotopic (exact) mass is 474 g/mol. The van der Waals surface area contributed by atoms with Crippen molar-refractivity contribution in [2.24, 2.45) is 5.41 Å². The van der Waals surface area contributed by atoms with Gasteiger partial charge in [0.2, 0.25) is 0 Å². The smallest absolute Gasteiger partial charge is 0.267 e. The highest BCUT2D eigenvalue weighted by Crippen LogP contribution is 2.42. The molecule has 7 nitrogen and oxygen atoms in total. The van der Waals surface area contributed by atoms with Crippen molar-refractivity contribution >= 4 is 38.8 Å². The predicted octanol–water partition coefficient (Wildman–Crippen LogP) is 3.58. The summed E-state index contributed by atoms with van der Waals surface area (Å²) in [5.41, 5.74) is 1.51. The number of rotatable bonds is 4. The Morgan fingerprint density at radius 1 is 1.00 bits per heavy atom. The second kappa shape index (κ2) is 8.09. The molecule has 2 fully saturated rings. The molecule has 2 saturated heterocycles. The first-order valence-electron chi connectivity index (χ1n) is 10.2. The normalized spacial score (nSPS) is 19.2. The molecule has 3 aromatic rings. The summed E-state index contributed by atoms with van der Waals surface area (Å²) in [6, 6.07) is 13.1. The number of amides is 1. The number of sulfonamides is 1. The van der Waals surface area contributed by atoms with Crippen LogP contribution in [0.25, 0.3) is 11.3 Å². The van der Waals surface area contributed by atoms with Crippen molar-refractivity contribution in [1.82, 2.24) is 18.8 Å². The summed E-state index contributed by atoms with van der Waals surface area (Å²) >= 11 is 2.39. The van der Waals surface area contributed by atoms with Gasteiger partial charge in [-0.05, 0) is 47.7 Å². The van der Waals surface area contributed by atoms with E-state index in [1.165, 1.54) is 11.3 Å². The van der Waals surface area contributed by atoms with Crippen molar-refractivity contribution in [2.75, 3.05) is 26.2 Å². The van der Waals surface area contributed by atoms with Crippen LogP contribution in [0.4, 0.5) is 0 Å². The molecule has 1 spiro atoms. The molecule has 4 heterocycles. The molecule has 2 aliphatic rings. The first kappa shape index (κ1) is 20.7. The Morgan fingerprint density at radius 3 is 2.45 bits per heavy atom. The lowest BCUT2D eigenvalue weighted by Crippen LogP contribution is -2.44. The van der Waals surface area contributed by atoms with Crippen LogP contribution in [0.3, 0.4) is 0 Å². The van der Waals surface area contributed by atoms with Gasteiger partial charge in [0.05, 0.1) is 0 Å². The molecular weight excluding hydrogens is 452 g/mol. The molecule has 10 heteroatoms. The van der Waals surface area contributed by atoms with Crippen molar-refractivity contribution in [1.29, 1.82) is 0 Å². The zero-order chi connectivity index (χ0) is 21.5. The average molecular weight is 475 g/mol. The molecule has 2 aliphatic heterocycles. The fourth-order valence-electron chi connectivity index (χ4n) is 4.51. The second-order valence-electron chi connectivity index (χ2n) is 8.13. The zero-order valence-electron chi connectivity index (χ0n) is 16.8. The number of likely N-dealkylation sites (tertiary alicyclic amines) is 1. The molecule has 0 aliphatic carbocycles. The molecule has 0 unspecified atom stereocenters. The summed E-state index contributed by atoms with van der Waals surface area (Å²) in [6.07, 6.45) is 2.44. The molecule has 31 heavy (non-hydrogen) atoms. The Hall–Kier alpha value is -2.14. The maximum atomic E-state index is 13.3. The molecule has 1 amide bonds. The van der Waals surface area contributed by atoms with E-state index in [0.717, 1.165) is 36.4 Å². The van der Waals surface area contributed by atoms with Crippen LogP contribution in [-0.2, 0) is 10.0 Å². The van der Waals surface area contributed by atoms with E-state index in [-0.39, 0.29) is 11.3 Å². The molecule has 0 radical (unpaired) electrons. The van der Waals surface area contributed by atoms with Gasteiger partial charge >= 0.3 is 0 Å². The molecule has 0 saturated carbocycles. The topological polar surface area (TPSA) is 83.5 Å². The van der Waals surface area contributed by atoms with Crippen LogP contribution in [0.5, 0.6) is 0 Å². The highest BCUT2D eigenvalue weighted by molar-refractivity contribution is 7.91. The van der Waals surface area contributed by atoms with Gasteiger partial charge in [0.25, 0.3) is 15.9 Å². The number of nitrogens with zero attached hydrogens (tertiary/aromatic N) is 4. The molecule has 162 valence electrons. The molecular formula is C21H22N4O3S3. The van der Waals surface area contributed by atoms with Gasteiger partial charge in [-0.25, -0.2) is 8.42 Å². The number of carbonyl (C=O) groups excluding carboxylic acids is 1. The molecule has 0 bridgehead atoms. The molecule has 5 rings (SSSR count). The first-order valence-corrected chi connectivity index (χ1v) is 13.3. The maximum absolute atomic E-state index is 13.3. The molecule has 0 atom stereocenters. The van der Waals surface area contributed by atoms with Crippen LogP contribution in [-0.4, -0.2) is 59.3 Å². The SMILES string of the molecule is O=C(c1snnc1-c1ccccc1)N1CCC2(CCN(S(=O)(=O)c3cccs3)CC2)C1. The summed E-state index contributed by atoms with van der Waals surface area (Å²) in [4.78, 5) is 15.7. The van der Waals surface area contributed by atoms with E-state index in [1.54, 1.807) is 21.8 Å². The number of aromatic nitrogens is 2. The van der Waals surface area contributed by atoms with Crippen LogP contribution in [0.2, 0.25) is 0 Å². The van der Waals surface area contributed by atoms with Gasteiger partial charge in [-0.15, -0.1) is 16.4 Å². The molecule has 2 aromatic heterocycles. The zero-order valence-corrected chi connectivity index (χ0v) is 19.3. The molecule has 0 N–H and O–H groups in total. The third-order valence-corrected chi connectivity index (χ3v) is 10.3. The summed E-state index contributed by atoms with van der Waals surface area (Å²) in [5.74, 6) is -0.0284. The Bertz CT molecular complexity index is 1170. The number of carbonyl (C=O) groups is 1. The lowest BCUT2D eigenvalue weighted by atomic mass is 9.78. The van der Waals surface area contributed by atoms with E-state index in [1.807, 2.05) is 35.2 Å². The standard InChI is InChI=1S/C21H22N4O3S3/c26-20(19-18(22-23-30-19)16-5-2-1-3-6-16)24-11-8-21(15-24)9-12-25(13-10-21)31(27,28)17-7-4-14-29-17/h1-7,14H,8-13,15H2. The van der Waals surface area contributed by atoms with E-state index < -0.39 is 10.0 Å². The quantitative estimate of drug-likeness (QED) is 0.577. The third-order valence-electron chi connectivity index (χ3n) is 6.33. The van der Waals surface area contributed by atoms with Crippen LogP contribution >= 0.6 is 22.9 Å². The fraction of sp³-hybridized carbons (Fsp3) is 0.381. The van der Waals surface area contributed by atoms with Gasteiger partial charge in [-0.1, -0.05) is 40.9 Å². The lowest BCUT2D eigenvalue weighted by Gasteiger charge is -2.38. The van der Waals surface area contributed by atoms with E-state index in [0.29, 0.717) is 41.0 Å². The van der Waals surface area contributed by atoms with Crippen molar-refractivity contribution in [2.45, 2.75) is 23.5 Å². The first-order chi connectivity index (χ1) is 15.0. The van der Waals surface area contributed by atoms with E-state index in [4.69, 9.17) is 0 Å². The minimum absolute atomic E-state index is 0.0117. The number of thiophene rings is 1. The van der Waals surface area contributed by atoms with Crippen molar-refractivity contribution in [3.63, 3.8) is 0 Å². The van der Waals surface area contributed by atoms with E-state index in [9.17, 15) is 13.2 Å². The number of piperidine rings is 1. The van der Waals surface area contributed by atoms with Crippen molar-refractivity contribution < 1.29 is 13.2 Å². The lowest BCUT2D eigenvalue weighted by molar-refractivity contribution is 0.0756. The van der Waals surface area contributed by atoms with E-state index >= 15 is 0 Å². The predicted molar refractivity (Wildman–Crippen MR) is 121 cm³/mol. The highest BCUT2D eigenvalue weighted by Gasteiger charge is 2.44. The Labute approximate surface area is 189 Å². The minimum Gasteiger partial charge on any atom is -0.337 e. The highest BCUT2D eigenvalue weighted by atomic mass is 32.2. The summed E-state index contributed by atoms with van der Waals surface area (Å²) in [7, 11) is -3.41. The van der Waals surface area contributed by atoms with Gasteiger partial charge in [0, 0.05) is 31.7 Å². The van der Waals surface area contributed by atoms with Gasteiger partial charge in [-0.3, -0.25) is 4.79 Å². The van der Waals surface area contributed by atoms with Crippen molar-refractivity contribution in [3.05, 3.63) is 52.7 Å². The van der Waals surface area contributed by atoms with Gasteiger partial charge in [-0.2, -0.15) is 4.31 Å².